The van der Waals surface area contributed by atoms with Gasteiger partial charge in [0.1, 0.15) is 11.4 Å². The quantitative estimate of drug-likeness (QED) is 0.767. The lowest BCUT2D eigenvalue weighted by Gasteiger charge is -2.39. The van der Waals surface area contributed by atoms with E-state index in [1.165, 1.54) is 15.8 Å². The lowest BCUT2D eigenvalue weighted by molar-refractivity contribution is 0.0445. The molecule has 2 saturated heterocycles. The molecule has 0 saturated carbocycles. The van der Waals surface area contributed by atoms with Crippen LogP contribution in [0.5, 0.6) is 0 Å². The van der Waals surface area contributed by atoms with E-state index < -0.39 is 5.60 Å². The number of aromatic nitrogens is 1. The Hall–Kier alpha value is -1.95. The number of benzene rings is 1. The number of anilines is 1. The molecule has 6 heteroatoms. The first-order chi connectivity index (χ1) is 12.0. The number of rotatable bonds is 2. The molecule has 2 fully saturated rings. The molecular formula is C19H23N3O2S. The van der Waals surface area contributed by atoms with Crippen molar-refractivity contribution in [3.05, 3.63) is 29.8 Å². The third-order valence-corrected chi connectivity index (χ3v) is 5.94. The lowest BCUT2D eigenvalue weighted by atomic mass is 9.92. The second-order valence-corrected chi connectivity index (χ2v) is 7.99. The summed E-state index contributed by atoms with van der Waals surface area (Å²) in [5.41, 5.74) is 1.87. The van der Waals surface area contributed by atoms with Gasteiger partial charge in [0.05, 0.1) is 18.6 Å². The number of nitrogens with zero attached hydrogens (tertiary/aromatic N) is 3. The van der Waals surface area contributed by atoms with Gasteiger partial charge in [0.15, 0.2) is 0 Å². The van der Waals surface area contributed by atoms with E-state index in [4.69, 9.17) is 9.72 Å². The molecule has 4 rings (SSSR count). The zero-order valence-corrected chi connectivity index (χ0v) is 15.7. The van der Waals surface area contributed by atoms with Crippen LogP contribution in [0.25, 0.3) is 10.9 Å². The fourth-order valence-electron chi connectivity index (χ4n) is 3.95. The number of fused-ring (bicyclic) bond motifs is 1. The summed E-state index contributed by atoms with van der Waals surface area (Å²) in [7, 11) is 1.80. The molecule has 25 heavy (non-hydrogen) atoms. The normalized spacial score (nSPS) is 23.6. The Kier molecular flexibility index (Phi) is 4.02. The molecule has 5 nitrogen and oxygen atoms in total. The van der Waals surface area contributed by atoms with Crippen LogP contribution in [-0.2, 0) is 4.74 Å². The van der Waals surface area contributed by atoms with E-state index in [1.807, 2.05) is 0 Å². The Bertz CT molecular complexity index is 841. The first kappa shape index (κ1) is 16.5. The molecule has 1 unspecified atom stereocenters. The monoisotopic (exact) mass is 357 g/mol. The van der Waals surface area contributed by atoms with Crippen molar-refractivity contribution in [2.45, 2.75) is 30.3 Å². The Labute approximate surface area is 152 Å². The Morgan fingerprint density at radius 3 is 2.84 bits per heavy atom. The molecule has 2 aliphatic rings. The van der Waals surface area contributed by atoms with Gasteiger partial charge in [0.25, 0.3) is 0 Å². The topological polar surface area (TPSA) is 45.7 Å². The average Bonchev–Trinajstić information content (AvgIpc) is 2.87. The molecule has 0 N–H and O–H groups in total. The maximum atomic E-state index is 11.9. The molecule has 2 aromatic rings. The summed E-state index contributed by atoms with van der Waals surface area (Å²) in [6, 6.07) is 8.60. The molecule has 1 aromatic heterocycles. The molecule has 2 aliphatic heterocycles. The van der Waals surface area contributed by atoms with E-state index in [9.17, 15) is 4.79 Å². The number of hydrogen-bond donors (Lipinski definition) is 0. The fourth-order valence-corrected chi connectivity index (χ4v) is 4.39. The second kappa shape index (κ2) is 6.09. The van der Waals surface area contributed by atoms with Crippen LogP contribution >= 0.6 is 11.8 Å². The van der Waals surface area contributed by atoms with Crippen LogP contribution in [0.1, 0.15) is 18.4 Å². The number of ether oxygens (including phenoxy) is 1. The van der Waals surface area contributed by atoms with Gasteiger partial charge in [0.2, 0.25) is 0 Å². The Morgan fingerprint density at radius 1 is 1.28 bits per heavy atom. The van der Waals surface area contributed by atoms with Crippen molar-refractivity contribution < 1.29 is 9.53 Å². The number of piperidine rings is 1. The standard InChI is InChI=1S/C19H23N3O2S/c1-13-9-17(20-16-10-14(25-3)5-6-15(13)16)22-8-4-7-19(12-22)11-21(2)18(23)24-19/h5-6,9-10H,4,7-8,11-12H2,1-3H3. The summed E-state index contributed by atoms with van der Waals surface area (Å²) in [5, 5.41) is 1.19. The summed E-state index contributed by atoms with van der Waals surface area (Å²) < 4.78 is 5.72. The van der Waals surface area contributed by atoms with Gasteiger partial charge in [0, 0.05) is 23.9 Å². The van der Waals surface area contributed by atoms with Crippen LogP contribution in [0.3, 0.4) is 0 Å². The van der Waals surface area contributed by atoms with Crippen molar-refractivity contribution in [2.75, 3.05) is 37.8 Å². The molecule has 3 heterocycles. The van der Waals surface area contributed by atoms with Gasteiger partial charge < -0.3 is 14.5 Å². The predicted octanol–water partition coefficient (Wildman–Crippen LogP) is 3.69. The number of aryl methyl sites for hydroxylation is 1. The minimum atomic E-state index is -0.393. The Morgan fingerprint density at radius 2 is 2.12 bits per heavy atom. The molecular weight excluding hydrogens is 334 g/mol. The van der Waals surface area contributed by atoms with Crippen LogP contribution < -0.4 is 4.90 Å². The molecule has 1 atom stereocenters. The fraction of sp³-hybridized carbons (Fsp3) is 0.474. The van der Waals surface area contributed by atoms with Crippen LogP contribution in [0, 0.1) is 6.92 Å². The van der Waals surface area contributed by atoms with Gasteiger partial charge in [-0.1, -0.05) is 6.07 Å². The van der Waals surface area contributed by atoms with E-state index in [-0.39, 0.29) is 6.09 Å². The number of amides is 1. The lowest BCUT2D eigenvalue weighted by Crippen LogP contribution is -2.50. The predicted molar refractivity (Wildman–Crippen MR) is 102 cm³/mol. The van der Waals surface area contributed by atoms with E-state index in [2.05, 4.69) is 42.3 Å². The van der Waals surface area contributed by atoms with Crippen molar-refractivity contribution >= 4 is 34.6 Å². The largest absolute Gasteiger partial charge is 0.439 e. The van der Waals surface area contributed by atoms with Crippen molar-refractivity contribution in [1.82, 2.24) is 9.88 Å². The summed E-state index contributed by atoms with van der Waals surface area (Å²) >= 11 is 1.73. The van der Waals surface area contributed by atoms with E-state index in [0.717, 1.165) is 30.7 Å². The molecule has 1 amide bonds. The highest BCUT2D eigenvalue weighted by atomic mass is 32.2. The molecule has 0 radical (unpaired) electrons. The van der Waals surface area contributed by atoms with Gasteiger partial charge in [-0.05, 0) is 49.8 Å². The highest BCUT2D eigenvalue weighted by Gasteiger charge is 2.46. The van der Waals surface area contributed by atoms with E-state index in [0.29, 0.717) is 13.1 Å². The van der Waals surface area contributed by atoms with Gasteiger partial charge >= 0.3 is 6.09 Å². The summed E-state index contributed by atoms with van der Waals surface area (Å²) in [6.45, 7) is 4.45. The van der Waals surface area contributed by atoms with Gasteiger partial charge in [-0.25, -0.2) is 9.78 Å². The maximum Gasteiger partial charge on any atom is 0.410 e. The average molecular weight is 357 g/mol. The third-order valence-electron chi connectivity index (χ3n) is 5.21. The summed E-state index contributed by atoms with van der Waals surface area (Å²) in [4.78, 5) is 21.9. The van der Waals surface area contributed by atoms with Crippen LogP contribution in [-0.4, -0.2) is 54.5 Å². The van der Waals surface area contributed by atoms with Crippen LogP contribution in [0.15, 0.2) is 29.2 Å². The molecule has 0 aliphatic carbocycles. The maximum absolute atomic E-state index is 11.9. The van der Waals surface area contributed by atoms with Gasteiger partial charge in [-0.3, -0.25) is 0 Å². The minimum absolute atomic E-state index is 0.214. The van der Waals surface area contributed by atoms with Crippen molar-refractivity contribution in [1.29, 1.82) is 0 Å². The number of carbonyl (C=O) groups is 1. The van der Waals surface area contributed by atoms with Crippen molar-refractivity contribution in [2.24, 2.45) is 0 Å². The first-order valence-corrected chi connectivity index (χ1v) is 9.87. The van der Waals surface area contributed by atoms with E-state index in [1.54, 1.807) is 23.7 Å². The minimum Gasteiger partial charge on any atom is -0.439 e. The molecule has 1 spiro atoms. The number of hydrogen-bond acceptors (Lipinski definition) is 5. The number of thioether (sulfide) groups is 1. The van der Waals surface area contributed by atoms with Crippen LogP contribution in [0.2, 0.25) is 0 Å². The molecule has 132 valence electrons. The zero-order chi connectivity index (χ0) is 17.6. The SMILES string of the molecule is CSc1ccc2c(C)cc(N3CCCC4(CN(C)C(=O)O4)C3)nc2c1. The highest BCUT2D eigenvalue weighted by Crippen LogP contribution is 2.34. The first-order valence-electron chi connectivity index (χ1n) is 8.64. The summed E-state index contributed by atoms with van der Waals surface area (Å²) in [5.74, 6) is 0.980. The Balaban J connectivity index is 1.68. The third kappa shape index (κ3) is 2.92. The van der Waals surface area contributed by atoms with Crippen molar-refractivity contribution in [3.63, 3.8) is 0 Å². The smallest absolute Gasteiger partial charge is 0.410 e. The van der Waals surface area contributed by atoms with E-state index >= 15 is 0 Å². The zero-order valence-electron chi connectivity index (χ0n) is 14.9. The highest BCUT2D eigenvalue weighted by molar-refractivity contribution is 7.98. The van der Waals surface area contributed by atoms with Crippen LogP contribution in [0.4, 0.5) is 10.6 Å². The molecule has 0 bridgehead atoms. The summed E-state index contributed by atoms with van der Waals surface area (Å²) in [6.07, 6.45) is 3.79. The van der Waals surface area contributed by atoms with Crippen molar-refractivity contribution in [3.8, 4) is 0 Å². The number of pyridine rings is 1. The second-order valence-electron chi connectivity index (χ2n) is 7.11. The van der Waals surface area contributed by atoms with Gasteiger partial charge in [-0.2, -0.15) is 0 Å². The van der Waals surface area contributed by atoms with Gasteiger partial charge in [-0.15, -0.1) is 11.8 Å². The molecule has 1 aromatic carbocycles. The number of likely N-dealkylation sites (N-methyl/N-ethyl adjacent to an activating group) is 1. The number of carbonyl (C=O) groups excluding carboxylic acids is 1.